The number of aliphatic hydroxyl groups excluding tert-OH is 1. The minimum Gasteiger partial charge on any atom is -0.496 e. The summed E-state index contributed by atoms with van der Waals surface area (Å²) >= 11 is 13.7. The fourth-order valence-electron chi connectivity index (χ4n) is 7.20. The fourth-order valence-corrected chi connectivity index (χ4v) is 7.90. The van der Waals surface area contributed by atoms with Gasteiger partial charge in [-0.2, -0.15) is 0 Å². The monoisotopic (exact) mass is 730 g/mol. The van der Waals surface area contributed by atoms with Crippen LogP contribution in [0.4, 0.5) is 11.4 Å². The highest BCUT2D eigenvalue weighted by molar-refractivity contribution is 6.41. The standard InChI is InChI=1S/C38H40Cl2N6O5/c1-5-6-34(47)43-28-18-25(31(48-2)20-30(28)45-10-7-24(8-11-45)44-13-15-51-16-14-44)27-19-29-23(22-42-27)17-26(38-41-9-12-46(29)38)35-36(39)32(49-3)21-33(50-4)37(35)40/h9,12,17-22,24,34,43,47H,7-8,10-11,13-16H2,1-4H3. The van der Waals surface area contributed by atoms with E-state index in [4.69, 9.17) is 52.1 Å². The Morgan fingerprint density at radius 2 is 1.61 bits per heavy atom. The molecule has 5 aromatic rings. The van der Waals surface area contributed by atoms with E-state index >= 15 is 0 Å². The molecule has 11 nitrogen and oxygen atoms in total. The number of hydrogen-bond donors (Lipinski definition) is 2. The Hall–Kier alpha value is -4.44. The van der Waals surface area contributed by atoms with Gasteiger partial charge in [-0.1, -0.05) is 23.2 Å². The highest BCUT2D eigenvalue weighted by Gasteiger charge is 2.28. The normalized spacial score (nSPS) is 16.2. The number of pyridine rings is 2. The molecule has 2 saturated heterocycles. The zero-order valence-electron chi connectivity index (χ0n) is 29.0. The smallest absolute Gasteiger partial charge is 0.188 e. The number of morpholine rings is 1. The molecule has 0 bridgehead atoms. The number of hydrogen-bond acceptors (Lipinski definition) is 10. The first-order valence-electron chi connectivity index (χ1n) is 16.9. The van der Waals surface area contributed by atoms with E-state index in [1.165, 1.54) is 0 Å². The third kappa shape index (κ3) is 6.70. The number of aliphatic hydroxyl groups is 1. The second-order valence-corrected chi connectivity index (χ2v) is 13.2. The molecule has 2 fully saturated rings. The fraction of sp³-hybridized carbons (Fsp3) is 0.368. The number of piperidine rings is 1. The summed E-state index contributed by atoms with van der Waals surface area (Å²) < 4.78 is 24.6. The highest BCUT2D eigenvalue weighted by Crippen LogP contribution is 2.48. The maximum absolute atomic E-state index is 10.8. The summed E-state index contributed by atoms with van der Waals surface area (Å²) in [6.07, 6.45) is 6.44. The molecule has 2 aliphatic rings. The minimum absolute atomic E-state index is 0.349. The molecule has 7 rings (SSSR count). The molecule has 1 unspecified atom stereocenters. The predicted molar refractivity (Wildman–Crippen MR) is 202 cm³/mol. The largest absolute Gasteiger partial charge is 0.496 e. The summed E-state index contributed by atoms with van der Waals surface area (Å²) in [6, 6.07) is 10.2. The number of nitrogens with one attached hydrogen (secondary N) is 1. The third-order valence-corrected chi connectivity index (χ3v) is 10.5. The average molecular weight is 732 g/mol. The van der Waals surface area contributed by atoms with Gasteiger partial charge < -0.3 is 34.3 Å². The van der Waals surface area contributed by atoms with E-state index in [0.29, 0.717) is 55.8 Å². The third-order valence-electron chi connectivity index (χ3n) is 9.73. The maximum Gasteiger partial charge on any atom is 0.188 e. The second kappa shape index (κ2) is 15.0. The van der Waals surface area contributed by atoms with E-state index in [1.807, 2.05) is 34.9 Å². The van der Waals surface area contributed by atoms with E-state index in [9.17, 15) is 5.11 Å². The van der Waals surface area contributed by atoms with E-state index in [-0.39, 0.29) is 0 Å². The zero-order valence-corrected chi connectivity index (χ0v) is 30.5. The minimum atomic E-state index is -1.05. The number of halogens is 2. The van der Waals surface area contributed by atoms with Crippen molar-refractivity contribution < 1.29 is 24.1 Å². The Balaban J connectivity index is 1.30. The molecule has 1 atom stereocenters. The molecule has 51 heavy (non-hydrogen) atoms. The molecule has 0 spiro atoms. The van der Waals surface area contributed by atoms with E-state index in [0.717, 1.165) is 80.1 Å². The first kappa shape index (κ1) is 35.0. The van der Waals surface area contributed by atoms with Gasteiger partial charge in [-0.15, -0.1) is 5.92 Å². The zero-order chi connectivity index (χ0) is 35.6. The molecule has 2 aliphatic heterocycles. The van der Waals surface area contributed by atoms with Gasteiger partial charge in [-0.25, -0.2) is 4.98 Å². The number of ether oxygens (including phenoxy) is 4. The molecule has 2 N–H and O–H groups in total. The number of rotatable bonds is 9. The number of fused-ring (bicyclic) bond motifs is 3. The van der Waals surface area contributed by atoms with Crippen LogP contribution in [0.5, 0.6) is 17.2 Å². The lowest BCUT2D eigenvalue weighted by molar-refractivity contribution is 0.0115. The van der Waals surface area contributed by atoms with Crippen molar-refractivity contribution in [1.82, 2.24) is 19.3 Å². The van der Waals surface area contributed by atoms with Crippen LogP contribution in [0.15, 0.2) is 48.9 Å². The molecule has 0 aliphatic carbocycles. The summed E-state index contributed by atoms with van der Waals surface area (Å²) in [5.41, 5.74) is 5.87. The predicted octanol–water partition coefficient (Wildman–Crippen LogP) is 6.60. The number of nitrogens with zero attached hydrogens (tertiary/aromatic N) is 5. The van der Waals surface area contributed by atoms with Gasteiger partial charge in [0.05, 0.1) is 67.2 Å². The lowest BCUT2D eigenvalue weighted by atomic mass is 10.00. The van der Waals surface area contributed by atoms with Gasteiger partial charge in [-0.05, 0) is 43.9 Å². The van der Waals surface area contributed by atoms with Crippen molar-refractivity contribution >= 4 is 51.1 Å². The lowest BCUT2D eigenvalue weighted by Crippen LogP contribution is -2.49. The molecule has 3 aromatic heterocycles. The quantitative estimate of drug-likeness (QED) is 0.127. The summed E-state index contributed by atoms with van der Waals surface area (Å²) in [4.78, 5) is 14.5. The van der Waals surface area contributed by atoms with Crippen LogP contribution in [0.2, 0.25) is 10.0 Å². The number of aromatic nitrogens is 3. The van der Waals surface area contributed by atoms with Gasteiger partial charge in [0.1, 0.15) is 22.9 Å². The summed E-state index contributed by atoms with van der Waals surface area (Å²) in [5, 5.41) is 15.5. The van der Waals surface area contributed by atoms with Crippen LogP contribution in [0, 0.1) is 11.8 Å². The first-order valence-corrected chi connectivity index (χ1v) is 17.6. The lowest BCUT2D eigenvalue weighted by Gasteiger charge is -2.41. The Labute approximate surface area is 307 Å². The Kier molecular flexibility index (Phi) is 10.3. The van der Waals surface area contributed by atoms with Crippen LogP contribution in [0.25, 0.3) is 38.9 Å². The van der Waals surface area contributed by atoms with Gasteiger partial charge in [0.2, 0.25) is 0 Å². The van der Waals surface area contributed by atoms with Crippen molar-refractivity contribution in [2.45, 2.75) is 32.0 Å². The summed E-state index contributed by atoms with van der Waals surface area (Å²) in [5.74, 6) is 7.14. The maximum atomic E-state index is 10.8. The van der Waals surface area contributed by atoms with Crippen LogP contribution in [-0.2, 0) is 4.74 Å². The van der Waals surface area contributed by atoms with Crippen molar-refractivity contribution in [2.75, 3.05) is 70.9 Å². The van der Waals surface area contributed by atoms with Crippen molar-refractivity contribution in [3.05, 3.63) is 59.0 Å². The number of anilines is 2. The van der Waals surface area contributed by atoms with E-state index < -0.39 is 6.23 Å². The van der Waals surface area contributed by atoms with Crippen LogP contribution < -0.4 is 24.4 Å². The second-order valence-electron chi connectivity index (χ2n) is 12.5. The van der Waals surface area contributed by atoms with E-state index in [1.54, 1.807) is 46.7 Å². The van der Waals surface area contributed by atoms with Crippen LogP contribution in [0.3, 0.4) is 0 Å². The number of imidazole rings is 1. The van der Waals surface area contributed by atoms with Crippen molar-refractivity contribution in [3.63, 3.8) is 0 Å². The van der Waals surface area contributed by atoms with E-state index in [2.05, 4.69) is 27.0 Å². The Morgan fingerprint density at radius 1 is 0.902 bits per heavy atom. The van der Waals surface area contributed by atoms with Gasteiger partial charge in [0, 0.05) is 85.0 Å². The van der Waals surface area contributed by atoms with Gasteiger partial charge >= 0.3 is 0 Å². The SMILES string of the molecule is CC#CC(O)Nc1cc(-c2cc3c(cn2)cc(-c2c(Cl)c(OC)cc(OC)c2Cl)c2nccn23)c(OC)cc1N1CCC(N2CCOCC2)CC1. The molecule has 0 saturated carbocycles. The summed E-state index contributed by atoms with van der Waals surface area (Å²) in [6.45, 7) is 6.98. The highest BCUT2D eigenvalue weighted by atomic mass is 35.5. The van der Waals surface area contributed by atoms with Gasteiger partial charge in [-0.3, -0.25) is 14.3 Å². The van der Waals surface area contributed by atoms with Gasteiger partial charge in [0.15, 0.2) is 6.23 Å². The average Bonchev–Trinajstić information content (AvgIpc) is 3.66. The Morgan fingerprint density at radius 3 is 2.27 bits per heavy atom. The Bertz CT molecular complexity index is 2100. The van der Waals surface area contributed by atoms with Crippen molar-refractivity contribution in [3.8, 4) is 51.5 Å². The first-order chi connectivity index (χ1) is 24.8. The molecule has 0 amide bonds. The summed E-state index contributed by atoms with van der Waals surface area (Å²) in [7, 11) is 4.75. The molecule has 13 heteroatoms. The topological polar surface area (TPSA) is 106 Å². The molecule has 266 valence electrons. The molecular weight excluding hydrogens is 691 g/mol. The molecule has 2 aromatic carbocycles. The van der Waals surface area contributed by atoms with Crippen LogP contribution in [0.1, 0.15) is 19.8 Å². The van der Waals surface area contributed by atoms with Crippen LogP contribution in [-0.4, -0.2) is 97.4 Å². The van der Waals surface area contributed by atoms with Crippen molar-refractivity contribution in [1.29, 1.82) is 0 Å². The molecular formula is C38H40Cl2N6O5. The number of methoxy groups -OCH3 is 3. The van der Waals surface area contributed by atoms with Gasteiger partial charge in [0.25, 0.3) is 0 Å². The molecule has 0 radical (unpaired) electrons. The van der Waals surface area contributed by atoms with Crippen molar-refractivity contribution in [2.24, 2.45) is 0 Å². The molecule has 5 heterocycles. The van der Waals surface area contributed by atoms with Crippen LogP contribution >= 0.6 is 23.2 Å². The number of benzene rings is 2.